The van der Waals surface area contributed by atoms with E-state index in [2.05, 4.69) is 5.32 Å². The first kappa shape index (κ1) is 14.0. The fourth-order valence-electron chi connectivity index (χ4n) is 2.73. The number of carboxylic acids is 1. The van der Waals surface area contributed by atoms with Gasteiger partial charge in [0.25, 0.3) is 0 Å². The van der Waals surface area contributed by atoms with Crippen LogP contribution in [0.2, 0.25) is 0 Å². The van der Waals surface area contributed by atoms with E-state index in [1.807, 2.05) is 27.7 Å². The Morgan fingerprint density at radius 1 is 1.29 bits per heavy atom. The van der Waals surface area contributed by atoms with Crippen LogP contribution in [0.3, 0.4) is 0 Å². The van der Waals surface area contributed by atoms with E-state index in [9.17, 15) is 14.7 Å². The number of carboxylic acid groups (broad SMARTS) is 1. The van der Waals surface area contributed by atoms with Crippen LogP contribution < -0.4 is 5.32 Å². The number of amides is 1. The molecule has 98 valence electrons. The summed E-state index contributed by atoms with van der Waals surface area (Å²) in [5.74, 6) is -1.04. The number of hydrogen-bond donors (Lipinski definition) is 2. The highest BCUT2D eigenvalue weighted by Crippen LogP contribution is 2.56. The van der Waals surface area contributed by atoms with Crippen molar-refractivity contribution in [2.75, 3.05) is 0 Å². The van der Waals surface area contributed by atoms with Gasteiger partial charge in [0, 0.05) is 12.0 Å². The van der Waals surface area contributed by atoms with Crippen molar-refractivity contribution in [1.29, 1.82) is 0 Å². The van der Waals surface area contributed by atoms with Crippen LogP contribution >= 0.6 is 0 Å². The van der Waals surface area contributed by atoms with Gasteiger partial charge < -0.3 is 10.4 Å². The Morgan fingerprint density at radius 2 is 1.82 bits per heavy atom. The van der Waals surface area contributed by atoms with Crippen molar-refractivity contribution in [3.63, 3.8) is 0 Å². The summed E-state index contributed by atoms with van der Waals surface area (Å²) in [5, 5.41) is 12.2. The van der Waals surface area contributed by atoms with Gasteiger partial charge in [0.1, 0.15) is 0 Å². The highest BCUT2D eigenvalue weighted by Gasteiger charge is 2.58. The van der Waals surface area contributed by atoms with Crippen molar-refractivity contribution in [3.8, 4) is 0 Å². The number of hydrogen-bond acceptors (Lipinski definition) is 2. The zero-order valence-corrected chi connectivity index (χ0v) is 11.3. The Bertz CT molecular complexity index is 336. The van der Waals surface area contributed by atoms with Crippen molar-refractivity contribution in [2.24, 2.45) is 16.7 Å². The lowest BCUT2D eigenvalue weighted by atomic mass is 9.65. The summed E-state index contributed by atoms with van der Waals surface area (Å²) in [6.45, 7) is 9.35. The molecule has 0 unspecified atom stereocenters. The van der Waals surface area contributed by atoms with Crippen LogP contribution in [0.15, 0.2) is 0 Å². The van der Waals surface area contributed by atoms with Gasteiger partial charge in [-0.3, -0.25) is 9.59 Å². The molecule has 4 heteroatoms. The molecule has 2 atom stereocenters. The van der Waals surface area contributed by atoms with Gasteiger partial charge in [-0.15, -0.1) is 0 Å². The Hall–Kier alpha value is -1.06. The van der Waals surface area contributed by atoms with Crippen molar-refractivity contribution in [3.05, 3.63) is 0 Å². The molecule has 2 N–H and O–H groups in total. The van der Waals surface area contributed by atoms with Gasteiger partial charge in [0.05, 0.1) is 5.41 Å². The molecule has 1 aliphatic carbocycles. The summed E-state index contributed by atoms with van der Waals surface area (Å²) < 4.78 is 0. The molecular weight excluding hydrogens is 218 g/mol. The maximum Gasteiger partial charge on any atom is 0.309 e. The van der Waals surface area contributed by atoms with Gasteiger partial charge in [0.2, 0.25) is 5.91 Å². The van der Waals surface area contributed by atoms with Gasteiger partial charge in [-0.1, -0.05) is 13.8 Å². The first-order chi connectivity index (χ1) is 7.63. The van der Waals surface area contributed by atoms with E-state index in [1.54, 1.807) is 6.92 Å². The third kappa shape index (κ3) is 2.17. The van der Waals surface area contributed by atoms with Crippen molar-refractivity contribution < 1.29 is 14.7 Å². The zero-order chi connectivity index (χ0) is 13.4. The van der Waals surface area contributed by atoms with Crippen LogP contribution in [0.1, 0.15) is 47.5 Å². The molecule has 1 amide bonds. The first-order valence-corrected chi connectivity index (χ1v) is 6.16. The third-order valence-corrected chi connectivity index (χ3v) is 4.45. The summed E-state index contributed by atoms with van der Waals surface area (Å²) >= 11 is 0. The van der Waals surface area contributed by atoms with Gasteiger partial charge in [0.15, 0.2) is 0 Å². The van der Waals surface area contributed by atoms with Gasteiger partial charge >= 0.3 is 5.97 Å². The monoisotopic (exact) mass is 241 g/mol. The van der Waals surface area contributed by atoms with Crippen LogP contribution in [0.5, 0.6) is 0 Å². The molecule has 0 aliphatic heterocycles. The lowest BCUT2D eigenvalue weighted by Gasteiger charge is -2.38. The second-order valence-electron chi connectivity index (χ2n) is 6.11. The maximum absolute atomic E-state index is 12.1. The molecule has 0 spiro atoms. The summed E-state index contributed by atoms with van der Waals surface area (Å²) in [6.07, 6.45) is 1.21. The van der Waals surface area contributed by atoms with Crippen LogP contribution in [0.4, 0.5) is 0 Å². The highest BCUT2D eigenvalue weighted by molar-refractivity contribution is 5.84. The number of carbonyl (C=O) groups excluding carboxylic acids is 1. The van der Waals surface area contributed by atoms with Gasteiger partial charge in [-0.2, -0.15) is 0 Å². The maximum atomic E-state index is 12.1. The second-order valence-corrected chi connectivity index (χ2v) is 6.11. The molecule has 0 heterocycles. The van der Waals surface area contributed by atoms with Gasteiger partial charge in [-0.25, -0.2) is 0 Å². The lowest BCUT2D eigenvalue weighted by molar-refractivity contribution is -0.155. The average Bonchev–Trinajstić information content (AvgIpc) is 2.38. The summed E-state index contributed by atoms with van der Waals surface area (Å²) in [7, 11) is 0. The van der Waals surface area contributed by atoms with E-state index in [4.69, 9.17) is 0 Å². The summed E-state index contributed by atoms with van der Waals surface area (Å²) in [4.78, 5) is 23.5. The molecule has 0 radical (unpaired) electrons. The molecule has 17 heavy (non-hydrogen) atoms. The van der Waals surface area contributed by atoms with E-state index < -0.39 is 16.8 Å². The molecule has 0 bridgehead atoms. The third-order valence-electron chi connectivity index (χ3n) is 4.45. The van der Waals surface area contributed by atoms with Crippen LogP contribution in [0, 0.1) is 16.7 Å². The largest absolute Gasteiger partial charge is 0.481 e. The predicted octanol–water partition coefficient (Wildman–Crippen LogP) is 2.04. The molecule has 1 saturated carbocycles. The molecule has 0 aromatic carbocycles. The highest BCUT2D eigenvalue weighted by atomic mass is 16.4. The van der Waals surface area contributed by atoms with E-state index in [-0.39, 0.29) is 17.9 Å². The van der Waals surface area contributed by atoms with E-state index >= 15 is 0 Å². The summed E-state index contributed by atoms with van der Waals surface area (Å²) in [6, 6.07) is 0.0926. The van der Waals surface area contributed by atoms with Crippen LogP contribution in [0.25, 0.3) is 0 Å². The second kappa shape index (κ2) is 4.31. The lowest BCUT2D eigenvalue weighted by Crippen LogP contribution is -2.46. The standard InChI is InChI=1S/C13H23NO3/c1-8(2)14-10(15)9-6-7-13(5,11(16)17)12(9,3)4/h8-9H,6-7H2,1-5H3,(H,14,15)(H,16,17)/t9-,13-/m1/s1. The van der Waals surface area contributed by atoms with E-state index in [0.717, 1.165) is 0 Å². The molecule has 1 aliphatic rings. The van der Waals surface area contributed by atoms with Crippen LogP contribution in [-0.4, -0.2) is 23.0 Å². The SMILES string of the molecule is CC(C)NC(=O)[C@H]1CC[C@](C)(C(=O)O)C1(C)C. The number of carbonyl (C=O) groups is 2. The molecule has 0 aromatic heterocycles. The fourth-order valence-corrected chi connectivity index (χ4v) is 2.73. The Morgan fingerprint density at radius 3 is 2.18 bits per heavy atom. The number of aliphatic carboxylic acids is 1. The minimum Gasteiger partial charge on any atom is -0.481 e. The smallest absolute Gasteiger partial charge is 0.309 e. The Kier molecular flexibility index (Phi) is 3.55. The van der Waals surface area contributed by atoms with Crippen molar-refractivity contribution >= 4 is 11.9 Å². The number of rotatable bonds is 3. The molecule has 1 rings (SSSR count). The first-order valence-electron chi connectivity index (χ1n) is 6.16. The normalized spacial score (nSPS) is 31.5. The van der Waals surface area contributed by atoms with Crippen molar-refractivity contribution in [2.45, 2.75) is 53.5 Å². The topological polar surface area (TPSA) is 66.4 Å². The van der Waals surface area contributed by atoms with E-state index in [1.165, 1.54) is 0 Å². The molecular formula is C13H23NO3. The predicted molar refractivity (Wildman–Crippen MR) is 65.5 cm³/mol. The van der Waals surface area contributed by atoms with E-state index in [0.29, 0.717) is 12.8 Å². The summed E-state index contributed by atoms with van der Waals surface area (Å²) in [5.41, 5.74) is -1.33. The molecule has 0 aromatic rings. The Labute approximate surface area is 103 Å². The zero-order valence-electron chi connectivity index (χ0n) is 11.3. The molecule has 1 fully saturated rings. The Balaban J connectivity index is 2.93. The van der Waals surface area contributed by atoms with Crippen molar-refractivity contribution in [1.82, 2.24) is 5.32 Å². The fraction of sp³-hybridized carbons (Fsp3) is 0.846. The van der Waals surface area contributed by atoms with Crippen LogP contribution in [-0.2, 0) is 9.59 Å². The number of nitrogens with one attached hydrogen (secondary N) is 1. The molecule has 4 nitrogen and oxygen atoms in total. The minimum atomic E-state index is -0.814. The van der Waals surface area contributed by atoms with Gasteiger partial charge in [-0.05, 0) is 39.0 Å². The average molecular weight is 241 g/mol. The quantitative estimate of drug-likeness (QED) is 0.794. The molecule has 0 saturated heterocycles. The minimum absolute atomic E-state index is 0.0185.